The van der Waals surface area contributed by atoms with Crippen molar-refractivity contribution in [2.75, 3.05) is 5.33 Å². The Morgan fingerprint density at radius 1 is 1.62 bits per heavy atom. The summed E-state index contributed by atoms with van der Waals surface area (Å²) in [4.78, 5) is 20.0. The monoisotopic (exact) mass is 180 g/mol. The molecule has 0 aliphatic rings. The van der Waals surface area contributed by atoms with Gasteiger partial charge in [0.1, 0.15) is 0 Å². The van der Waals surface area contributed by atoms with E-state index < -0.39 is 11.9 Å². The molecule has 0 aromatic heterocycles. The number of alkyl halides is 1. The second kappa shape index (κ2) is 3.43. The fourth-order valence-electron chi connectivity index (χ4n) is 0.171. The van der Waals surface area contributed by atoms with Crippen molar-refractivity contribution >= 4 is 27.9 Å². The van der Waals surface area contributed by atoms with E-state index in [4.69, 9.17) is 0 Å². The highest BCUT2D eigenvalue weighted by molar-refractivity contribution is 9.09. The average Bonchev–Trinajstić information content (AvgIpc) is 1.65. The Bertz CT molecular complexity index is 114. The van der Waals surface area contributed by atoms with Crippen LogP contribution in [0.1, 0.15) is 0 Å². The highest BCUT2D eigenvalue weighted by Gasteiger charge is 1.98. The predicted octanol–water partition coefficient (Wildman–Crippen LogP) is -0.424. The Balaban J connectivity index is 3.40. The van der Waals surface area contributed by atoms with E-state index in [0.717, 1.165) is 0 Å². The van der Waals surface area contributed by atoms with Gasteiger partial charge in [0.15, 0.2) is 0 Å². The number of nitrogens with two attached hydrogens (primary N) is 1. The standard InChI is InChI=1S/C3H5BrN2O2/c4-1-2(7)6-3(5)8/h1H2,(H3,5,6,7,8). The first kappa shape index (κ1) is 7.42. The van der Waals surface area contributed by atoms with Crippen molar-refractivity contribution in [2.24, 2.45) is 5.73 Å². The smallest absolute Gasteiger partial charge is 0.318 e. The first-order valence-electron chi connectivity index (χ1n) is 1.82. The SMILES string of the molecule is NC(=O)NC(=O)CBr. The molecule has 0 atom stereocenters. The van der Waals surface area contributed by atoms with Crippen molar-refractivity contribution in [1.82, 2.24) is 5.32 Å². The van der Waals surface area contributed by atoms with Crippen molar-refractivity contribution in [2.45, 2.75) is 0 Å². The Morgan fingerprint density at radius 3 is 2.25 bits per heavy atom. The zero-order valence-electron chi connectivity index (χ0n) is 3.98. The molecule has 0 fully saturated rings. The van der Waals surface area contributed by atoms with E-state index in [1.807, 2.05) is 5.32 Å². The number of halogens is 1. The van der Waals surface area contributed by atoms with Crippen LogP contribution in [0, 0.1) is 0 Å². The van der Waals surface area contributed by atoms with Crippen LogP contribution < -0.4 is 11.1 Å². The van der Waals surface area contributed by atoms with Gasteiger partial charge in [0.05, 0.1) is 5.33 Å². The highest BCUT2D eigenvalue weighted by atomic mass is 79.9. The van der Waals surface area contributed by atoms with E-state index in [9.17, 15) is 9.59 Å². The number of amides is 3. The number of carbonyl (C=O) groups is 2. The number of imide groups is 1. The van der Waals surface area contributed by atoms with Crippen molar-refractivity contribution in [3.8, 4) is 0 Å². The van der Waals surface area contributed by atoms with Gasteiger partial charge in [-0.05, 0) is 0 Å². The molecule has 0 bridgehead atoms. The van der Waals surface area contributed by atoms with E-state index in [0.29, 0.717) is 0 Å². The molecule has 8 heavy (non-hydrogen) atoms. The van der Waals surface area contributed by atoms with Gasteiger partial charge in [-0.15, -0.1) is 0 Å². The van der Waals surface area contributed by atoms with Crippen LogP contribution in [0.4, 0.5) is 4.79 Å². The zero-order chi connectivity index (χ0) is 6.57. The molecule has 0 spiro atoms. The number of rotatable bonds is 1. The van der Waals surface area contributed by atoms with Gasteiger partial charge in [-0.1, -0.05) is 15.9 Å². The third kappa shape index (κ3) is 3.60. The number of hydrogen-bond donors (Lipinski definition) is 2. The largest absolute Gasteiger partial charge is 0.351 e. The van der Waals surface area contributed by atoms with Crippen LogP contribution in [-0.2, 0) is 4.79 Å². The summed E-state index contributed by atoms with van der Waals surface area (Å²) in [5, 5.41) is 1.94. The second-order valence-electron chi connectivity index (χ2n) is 1.05. The van der Waals surface area contributed by atoms with Crippen LogP contribution >= 0.6 is 15.9 Å². The highest BCUT2D eigenvalue weighted by Crippen LogP contribution is 1.76. The minimum Gasteiger partial charge on any atom is -0.351 e. The summed E-state index contributed by atoms with van der Waals surface area (Å²) in [5.74, 6) is -0.433. The lowest BCUT2D eigenvalue weighted by molar-refractivity contribution is -0.117. The number of urea groups is 1. The second-order valence-corrected chi connectivity index (χ2v) is 1.61. The maximum Gasteiger partial charge on any atom is 0.318 e. The lowest BCUT2D eigenvalue weighted by Gasteiger charge is -1.91. The first-order chi connectivity index (χ1) is 3.66. The van der Waals surface area contributed by atoms with Gasteiger partial charge in [-0.25, -0.2) is 4.79 Å². The molecule has 0 aliphatic heterocycles. The van der Waals surface area contributed by atoms with Gasteiger partial charge in [0.25, 0.3) is 0 Å². The van der Waals surface area contributed by atoms with Crippen molar-refractivity contribution < 1.29 is 9.59 Å². The van der Waals surface area contributed by atoms with Crippen LogP contribution in [0.25, 0.3) is 0 Å². The summed E-state index contributed by atoms with van der Waals surface area (Å²) in [6, 6.07) is -0.825. The van der Waals surface area contributed by atoms with Crippen molar-refractivity contribution in [3.63, 3.8) is 0 Å². The third-order valence-electron chi connectivity index (χ3n) is 0.384. The molecule has 0 rings (SSSR count). The Kier molecular flexibility index (Phi) is 3.18. The zero-order valence-corrected chi connectivity index (χ0v) is 5.56. The summed E-state index contributed by atoms with van der Waals surface area (Å²) in [6.45, 7) is 0. The molecule has 5 heteroatoms. The van der Waals surface area contributed by atoms with Crippen LogP contribution in [0.5, 0.6) is 0 Å². The molecular weight excluding hydrogens is 176 g/mol. The lowest BCUT2D eigenvalue weighted by atomic mass is 10.7. The van der Waals surface area contributed by atoms with E-state index in [-0.39, 0.29) is 5.33 Å². The summed E-state index contributed by atoms with van der Waals surface area (Å²) in [5.41, 5.74) is 4.58. The summed E-state index contributed by atoms with van der Waals surface area (Å²) < 4.78 is 0. The van der Waals surface area contributed by atoms with Gasteiger partial charge in [0, 0.05) is 0 Å². The van der Waals surface area contributed by atoms with Gasteiger partial charge in [0.2, 0.25) is 5.91 Å². The minimum absolute atomic E-state index is 0.0932. The molecule has 3 N–H and O–H groups in total. The fraction of sp³-hybridized carbons (Fsp3) is 0.333. The molecular formula is C3H5BrN2O2. The van der Waals surface area contributed by atoms with Gasteiger partial charge in [-0.3, -0.25) is 10.1 Å². The Labute approximate surface area is 54.5 Å². The van der Waals surface area contributed by atoms with Crippen LogP contribution in [-0.4, -0.2) is 17.3 Å². The third-order valence-corrected chi connectivity index (χ3v) is 0.893. The maximum atomic E-state index is 10.2. The van der Waals surface area contributed by atoms with Crippen LogP contribution in [0.15, 0.2) is 0 Å². The predicted molar refractivity (Wildman–Crippen MR) is 31.5 cm³/mol. The van der Waals surface area contributed by atoms with Crippen molar-refractivity contribution in [3.05, 3.63) is 0 Å². The molecule has 4 nitrogen and oxygen atoms in total. The number of nitrogens with one attached hydrogen (secondary N) is 1. The van der Waals surface area contributed by atoms with E-state index in [2.05, 4.69) is 21.7 Å². The number of hydrogen-bond acceptors (Lipinski definition) is 2. The summed E-state index contributed by atoms with van der Waals surface area (Å²) >= 11 is 2.82. The Morgan fingerprint density at radius 2 is 2.12 bits per heavy atom. The summed E-state index contributed by atoms with van der Waals surface area (Å²) in [6.07, 6.45) is 0. The van der Waals surface area contributed by atoms with Gasteiger partial charge < -0.3 is 5.73 Å². The summed E-state index contributed by atoms with van der Waals surface area (Å²) in [7, 11) is 0. The quantitative estimate of drug-likeness (QED) is 0.539. The van der Waals surface area contributed by atoms with Gasteiger partial charge in [-0.2, -0.15) is 0 Å². The molecule has 0 aliphatic carbocycles. The molecule has 0 radical (unpaired) electrons. The van der Waals surface area contributed by atoms with Crippen LogP contribution in [0.3, 0.4) is 0 Å². The minimum atomic E-state index is -0.825. The average molecular weight is 181 g/mol. The van der Waals surface area contributed by atoms with E-state index >= 15 is 0 Å². The molecule has 0 heterocycles. The van der Waals surface area contributed by atoms with Gasteiger partial charge >= 0.3 is 6.03 Å². The number of primary amides is 1. The molecule has 0 saturated carbocycles. The van der Waals surface area contributed by atoms with Crippen LogP contribution in [0.2, 0.25) is 0 Å². The lowest BCUT2D eigenvalue weighted by Crippen LogP contribution is -2.35. The Hall–Kier alpha value is -0.580. The molecule has 0 saturated heterocycles. The fourth-order valence-corrected chi connectivity index (χ4v) is 0.311. The molecule has 0 aromatic carbocycles. The van der Waals surface area contributed by atoms with E-state index in [1.54, 1.807) is 0 Å². The maximum absolute atomic E-state index is 10.2. The number of carbonyl (C=O) groups excluding carboxylic acids is 2. The molecule has 0 aromatic rings. The van der Waals surface area contributed by atoms with E-state index in [1.165, 1.54) is 0 Å². The molecule has 3 amide bonds. The molecule has 0 unspecified atom stereocenters. The van der Waals surface area contributed by atoms with Crippen molar-refractivity contribution in [1.29, 1.82) is 0 Å². The molecule has 46 valence electrons. The first-order valence-corrected chi connectivity index (χ1v) is 2.94. The normalized spacial score (nSPS) is 8.12. The topological polar surface area (TPSA) is 72.2 Å².